The van der Waals surface area contributed by atoms with E-state index in [0.29, 0.717) is 17.7 Å². The van der Waals surface area contributed by atoms with Crippen molar-refractivity contribution in [2.75, 3.05) is 5.75 Å². The molecule has 0 aromatic heterocycles. The molecule has 0 aliphatic heterocycles. The standard InChI is InChI=1S/C14H17ClN2O5S/c1-2-3-4-10(14(19)20)16-13(18)8-23-12-6-5-9(15)7-11(12)17(21)22/h5-7,10H,2-4,8H2,1H3,(H,16,18)(H,19,20). The van der Waals surface area contributed by atoms with Gasteiger partial charge < -0.3 is 10.4 Å². The van der Waals surface area contributed by atoms with Gasteiger partial charge in [0.2, 0.25) is 5.91 Å². The molecular weight excluding hydrogens is 344 g/mol. The smallest absolute Gasteiger partial charge is 0.326 e. The minimum atomic E-state index is -1.09. The minimum Gasteiger partial charge on any atom is -0.480 e. The molecule has 0 saturated carbocycles. The largest absolute Gasteiger partial charge is 0.480 e. The normalized spacial score (nSPS) is 11.7. The van der Waals surface area contributed by atoms with Gasteiger partial charge in [0.1, 0.15) is 6.04 Å². The Labute approximate surface area is 142 Å². The third-order valence-electron chi connectivity index (χ3n) is 2.96. The summed E-state index contributed by atoms with van der Waals surface area (Å²) in [6.07, 6.45) is 1.86. The van der Waals surface area contributed by atoms with Gasteiger partial charge in [-0.1, -0.05) is 31.4 Å². The van der Waals surface area contributed by atoms with Gasteiger partial charge in [0.25, 0.3) is 5.69 Å². The number of carboxylic acids is 1. The highest BCUT2D eigenvalue weighted by Gasteiger charge is 2.20. The molecule has 0 bridgehead atoms. The van der Waals surface area contributed by atoms with Gasteiger partial charge in [-0.25, -0.2) is 4.79 Å². The molecule has 1 aromatic rings. The molecule has 1 rings (SSSR count). The third-order valence-corrected chi connectivity index (χ3v) is 4.25. The number of hydrogen-bond donors (Lipinski definition) is 2. The van der Waals surface area contributed by atoms with E-state index in [2.05, 4.69) is 5.32 Å². The van der Waals surface area contributed by atoms with Crippen molar-refractivity contribution in [1.82, 2.24) is 5.32 Å². The average molecular weight is 361 g/mol. The van der Waals surface area contributed by atoms with Gasteiger partial charge >= 0.3 is 5.97 Å². The number of rotatable bonds is 9. The van der Waals surface area contributed by atoms with Crippen LogP contribution in [0.1, 0.15) is 26.2 Å². The maximum absolute atomic E-state index is 11.9. The first-order valence-corrected chi connectivity index (χ1v) is 8.30. The first kappa shape index (κ1) is 19.2. The van der Waals surface area contributed by atoms with Gasteiger partial charge in [-0.15, -0.1) is 11.8 Å². The number of benzene rings is 1. The molecule has 1 atom stereocenters. The van der Waals surface area contributed by atoms with Crippen LogP contribution in [-0.2, 0) is 9.59 Å². The van der Waals surface area contributed by atoms with Crippen LogP contribution in [0.5, 0.6) is 0 Å². The van der Waals surface area contributed by atoms with Gasteiger partial charge in [-0.2, -0.15) is 0 Å². The number of carbonyl (C=O) groups excluding carboxylic acids is 1. The summed E-state index contributed by atoms with van der Waals surface area (Å²) in [4.78, 5) is 33.6. The summed E-state index contributed by atoms with van der Waals surface area (Å²) in [6, 6.07) is 3.23. The number of nitrogens with one attached hydrogen (secondary N) is 1. The number of nitro groups is 1. The Bertz CT molecular complexity index is 597. The van der Waals surface area contributed by atoms with E-state index in [4.69, 9.17) is 16.7 Å². The summed E-state index contributed by atoms with van der Waals surface area (Å²) in [5.74, 6) is -1.68. The number of nitro benzene ring substituents is 1. The van der Waals surface area contributed by atoms with Crippen LogP contribution in [-0.4, -0.2) is 33.7 Å². The second-order valence-corrected chi connectivity index (χ2v) is 6.21. The van der Waals surface area contributed by atoms with Crippen molar-refractivity contribution in [2.24, 2.45) is 0 Å². The predicted molar refractivity (Wildman–Crippen MR) is 87.9 cm³/mol. The second-order valence-electron chi connectivity index (χ2n) is 4.76. The van der Waals surface area contributed by atoms with E-state index in [0.717, 1.165) is 18.2 Å². The number of thioether (sulfide) groups is 1. The Hall–Kier alpha value is -1.80. The first-order chi connectivity index (χ1) is 10.8. The highest BCUT2D eigenvalue weighted by Crippen LogP contribution is 2.31. The summed E-state index contributed by atoms with van der Waals surface area (Å²) in [5, 5.41) is 22.7. The molecule has 0 aliphatic carbocycles. The van der Waals surface area contributed by atoms with E-state index < -0.39 is 22.8 Å². The average Bonchev–Trinajstić information content (AvgIpc) is 2.49. The van der Waals surface area contributed by atoms with Crippen LogP contribution in [0.3, 0.4) is 0 Å². The highest BCUT2D eigenvalue weighted by atomic mass is 35.5. The zero-order valence-corrected chi connectivity index (χ0v) is 14.0. The topological polar surface area (TPSA) is 110 Å². The van der Waals surface area contributed by atoms with Gasteiger partial charge in [0.05, 0.1) is 15.6 Å². The lowest BCUT2D eigenvalue weighted by molar-refractivity contribution is -0.387. The molecule has 0 aliphatic rings. The molecule has 1 unspecified atom stereocenters. The summed E-state index contributed by atoms with van der Waals surface area (Å²) < 4.78 is 0. The molecule has 0 saturated heterocycles. The van der Waals surface area contributed by atoms with E-state index in [1.165, 1.54) is 18.2 Å². The molecule has 126 valence electrons. The highest BCUT2D eigenvalue weighted by molar-refractivity contribution is 8.00. The molecule has 1 aromatic carbocycles. The molecule has 9 heteroatoms. The third kappa shape index (κ3) is 6.45. The molecule has 1 amide bonds. The maximum atomic E-state index is 11.9. The number of aliphatic carboxylic acids is 1. The van der Waals surface area contributed by atoms with Crippen LogP contribution >= 0.6 is 23.4 Å². The zero-order valence-electron chi connectivity index (χ0n) is 12.5. The fourth-order valence-corrected chi connectivity index (χ4v) is 2.78. The maximum Gasteiger partial charge on any atom is 0.326 e. The Balaban J connectivity index is 2.65. The lowest BCUT2D eigenvalue weighted by Crippen LogP contribution is -2.41. The Morgan fingerprint density at radius 2 is 2.17 bits per heavy atom. The van der Waals surface area contributed by atoms with Crippen molar-refractivity contribution in [2.45, 2.75) is 37.1 Å². The van der Waals surface area contributed by atoms with E-state index in [9.17, 15) is 19.7 Å². The predicted octanol–water partition coefficient (Wildman–Crippen LogP) is 3.10. The number of amides is 1. The number of hydrogen-bond acceptors (Lipinski definition) is 5. The van der Waals surface area contributed by atoms with Crippen molar-refractivity contribution in [3.05, 3.63) is 33.3 Å². The van der Waals surface area contributed by atoms with Gasteiger partial charge in [0, 0.05) is 11.1 Å². The zero-order chi connectivity index (χ0) is 17.4. The first-order valence-electron chi connectivity index (χ1n) is 6.94. The summed E-state index contributed by atoms with van der Waals surface area (Å²) in [6.45, 7) is 1.93. The second kappa shape index (κ2) is 9.36. The van der Waals surface area contributed by atoms with E-state index in [1.807, 2.05) is 6.92 Å². The summed E-state index contributed by atoms with van der Waals surface area (Å²) >= 11 is 6.68. The van der Waals surface area contributed by atoms with Crippen molar-refractivity contribution in [1.29, 1.82) is 0 Å². The minimum absolute atomic E-state index is 0.113. The van der Waals surface area contributed by atoms with Gasteiger partial charge in [-0.3, -0.25) is 14.9 Å². The number of halogens is 1. The van der Waals surface area contributed by atoms with Crippen LogP contribution in [0.2, 0.25) is 5.02 Å². The lowest BCUT2D eigenvalue weighted by atomic mass is 10.1. The monoisotopic (exact) mass is 360 g/mol. The summed E-state index contributed by atoms with van der Waals surface area (Å²) in [5.41, 5.74) is -0.184. The van der Waals surface area contributed by atoms with Crippen LogP contribution in [0.25, 0.3) is 0 Å². The molecule has 2 N–H and O–H groups in total. The fourth-order valence-electron chi connectivity index (χ4n) is 1.80. The molecule has 0 heterocycles. The van der Waals surface area contributed by atoms with Crippen LogP contribution in [0, 0.1) is 10.1 Å². The summed E-state index contributed by atoms with van der Waals surface area (Å²) in [7, 11) is 0. The van der Waals surface area contributed by atoms with Crippen molar-refractivity contribution in [3.8, 4) is 0 Å². The molecule has 23 heavy (non-hydrogen) atoms. The molecule has 0 radical (unpaired) electrons. The van der Waals surface area contributed by atoms with E-state index in [1.54, 1.807) is 0 Å². The Morgan fingerprint density at radius 3 is 2.74 bits per heavy atom. The quantitative estimate of drug-likeness (QED) is 0.398. The molecule has 0 fully saturated rings. The molecule has 0 spiro atoms. The fraction of sp³-hybridized carbons (Fsp3) is 0.429. The van der Waals surface area contributed by atoms with Crippen LogP contribution in [0.15, 0.2) is 23.1 Å². The van der Waals surface area contributed by atoms with Gasteiger partial charge in [-0.05, 0) is 18.6 Å². The van der Waals surface area contributed by atoms with Crippen molar-refractivity contribution in [3.63, 3.8) is 0 Å². The Kier molecular flexibility index (Phi) is 7.84. The SMILES string of the molecule is CCCCC(NC(=O)CSc1ccc(Cl)cc1[N+](=O)[O-])C(=O)O. The van der Waals surface area contributed by atoms with E-state index in [-0.39, 0.29) is 16.5 Å². The number of carbonyl (C=O) groups is 2. The number of carboxylic acid groups (broad SMARTS) is 1. The van der Waals surface area contributed by atoms with Crippen LogP contribution in [0.4, 0.5) is 5.69 Å². The van der Waals surface area contributed by atoms with Crippen molar-refractivity contribution >= 4 is 40.9 Å². The molecule has 7 nitrogen and oxygen atoms in total. The van der Waals surface area contributed by atoms with E-state index >= 15 is 0 Å². The van der Waals surface area contributed by atoms with Crippen molar-refractivity contribution < 1.29 is 19.6 Å². The number of unbranched alkanes of at least 4 members (excludes halogenated alkanes) is 1. The Morgan fingerprint density at radius 1 is 1.48 bits per heavy atom. The van der Waals surface area contributed by atoms with Gasteiger partial charge in [0.15, 0.2) is 0 Å². The number of nitrogens with zero attached hydrogens (tertiary/aromatic N) is 1. The van der Waals surface area contributed by atoms with Crippen LogP contribution < -0.4 is 5.32 Å². The lowest BCUT2D eigenvalue weighted by Gasteiger charge is -2.13. The molecular formula is C14H17ClN2O5S.